The van der Waals surface area contributed by atoms with E-state index in [0.29, 0.717) is 18.4 Å². The Kier molecular flexibility index (Phi) is 4.56. The van der Waals surface area contributed by atoms with Crippen LogP contribution in [0, 0.1) is 5.92 Å². The number of rotatable bonds is 5. The lowest BCUT2D eigenvalue weighted by atomic mass is 9.84. The van der Waals surface area contributed by atoms with Gasteiger partial charge in [0.1, 0.15) is 0 Å². The number of nitrogens with zero attached hydrogens (tertiary/aromatic N) is 1. The third-order valence-electron chi connectivity index (χ3n) is 4.91. The molecule has 0 spiro atoms. The Balaban J connectivity index is 1.46. The molecule has 3 aliphatic rings. The summed E-state index contributed by atoms with van der Waals surface area (Å²) in [6, 6.07) is 10.1. The van der Waals surface area contributed by atoms with Crippen LogP contribution < -0.4 is 11.1 Å². The zero-order chi connectivity index (χ0) is 14.7. The predicted molar refractivity (Wildman–Crippen MR) is 83.8 cm³/mol. The van der Waals surface area contributed by atoms with Gasteiger partial charge in [-0.3, -0.25) is 4.79 Å². The lowest BCUT2D eigenvalue weighted by Gasteiger charge is -2.45. The number of hydrogen-bond donors (Lipinski definition) is 2. The summed E-state index contributed by atoms with van der Waals surface area (Å²) in [5.74, 6) is 0.671. The van der Waals surface area contributed by atoms with Crippen LogP contribution in [0.3, 0.4) is 0 Å². The lowest BCUT2D eigenvalue weighted by Crippen LogP contribution is -2.59. The molecule has 3 saturated heterocycles. The Hall–Kier alpha value is -1.39. The summed E-state index contributed by atoms with van der Waals surface area (Å²) in [5.41, 5.74) is 7.29. The van der Waals surface area contributed by atoms with Gasteiger partial charge < -0.3 is 16.0 Å². The van der Waals surface area contributed by atoms with Crippen molar-refractivity contribution < 1.29 is 4.79 Å². The second-order valence-electron chi connectivity index (χ2n) is 6.38. The minimum Gasteiger partial charge on any atom is -0.350 e. The van der Waals surface area contributed by atoms with E-state index in [1.54, 1.807) is 0 Å². The molecular weight excluding hydrogens is 262 g/mol. The van der Waals surface area contributed by atoms with Crippen molar-refractivity contribution in [2.24, 2.45) is 11.7 Å². The molecule has 21 heavy (non-hydrogen) atoms. The smallest absolute Gasteiger partial charge is 0.237 e. The number of benzene rings is 1. The van der Waals surface area contributed by atoms with Crippen LogP contribution >= 0.6 is 0 Å². The van der Waals surface area contributed by atoms with E-state index < -0.39 is 6.04 Å². The van der Waals surface area contributed by atoms with Gasteiger partial charge in [-0.1, -0.05) is 30.3 Å². The van der Waals surface area contributed by atoms with Gasteiger partial charge in [0.05, 0.1) is 6.04 Å². The first kappa shape index (κ1) is 14.5. The molecule has 0 aromatic heterocycles. The molecule has 3 fully saturated rings. The summed E-state index contributed by atoms with van der Waals surface area (Å²) in [6.07, 6.45) is 3.99. The number of aryl methyl sites for hydroxylation is 1. The maximum Gasteiger partial charge on any atom is 0.237 e. The number of nitrogens with one attached hydrogen (secondary N) is 1. The summed E-state index contributed by atoms with van der Waals surface area (Å²) in [4.78, 5) is 14.7. The highest BCUT2D eigenvalue weighted by molar-refractivity contribution is 5.81. The summed E-state index contributed by atoms with van der Waals surface area (Å²) >= 11 is 0. The molecule has 2 atom stereocenters. The number of hydrogen-bond acceptors (Lipinski definition) is 3. The first-order valence-corrected chi connectivity index (χ1v) is 8.04. The van der Waals surface area contributed by atoms with Gasteiger partial charge in [-0.15, -0.1) is 0 Å². The molecule has 0 radical (unpaired) electrons. The SMILES string of the molecule is NC(CCc1ccccc1)C(=O)NC1CN2CCC1CC2. The fourth-order valence-corrected chi connectivity index (χ4v) is 3.52. The Bertz CT molecular complexity index is 468. The van der Waals surface area contributed by atoms with E-state index >= 15 is 0 Å². The third kappa shape index (κ3) is 3.63. The highest BCUT2D eigenvalue weighted by atomic mass is 16.2. The zero-order valence-electron chi connectivity index (χ0n) is 12.5. The minimum atomic E-state index is -0.402. The van der Waals surface area contributed by atoms with Crippen LogP contribution in [0.15, 0.2) is 30.3 Å². The molecule has 1 amide bonds. The Morgan fingerprint density at radius 1 is 1.29 bits per heavy atom. The standard InChI is InChI=1S/C17H25N3O/c18-15(7-6-13-4-2-1-3-5-13)17(21)19-16-12-20-10-8-14(16)9-11-20/h1-5,14-16H,6-12,18H2,(H,19,21). The minimum absolute atomic E-state index is 0.0182. The van der Waals surface area contributed by atoms with Crippen molar-refractivity contribution in [1.29, 1.82) is 0 Å². The van der Waals surface area contributed by atoms with Crippen LogP contribution in [0.2, 0.25) is 0 Å². The van der Waals surface area contributed by atoms with Gasteiger partial charge in [-0.05, 0) is 50.3 Å². The largest absolute Gasteiger partial charge is 0.350 e. The van der Waals surface area contributed by atoms with Crippen LogP contribution in [0.25, 0.3) is 0 Å². The molecule has 0 aliphatic carbocycles. The van der Waals surface area contributed by atoms with Gasteiger partial charge >= 0.3 is 0 Å². The average Bonchev–Trinajstić information content (AvgIpc) is 2.54. The average molecular weight is 287 g/mol. The normalized spacial score (nSPS) is 29.1. The molecule has 3 N–H and O–H groups in total. The van der Waals surface area contributed by atoms with Crippen LogP contribution in [-0.4, -0.2) is 42.5 Å². The van der Waals surface area contributed by atoms with E-state index in [9.17, 15) is 4.79 Å². The zero-order valence-corrected chi connectivity index (χ0v) is 12.5. The third-order valence-corrected chi connectivity index (χ3v) is 4.91. The van der Waals surface area contributed by atoms with Crippen LogP contribution in [0.1, 0.15) is 24.8 Å². The monoisotopic (exact) mass is 287 g/mol. The van der Waals surface area contributed by atoms with Crippen molar-refractivity contribution in [3.8, 4) is 0 Å². The molecule has 3 heterocycles. The van der Waals surface area contributed by atoms with Crippen LogP contribution in [-0.2, 0) is 11.2 Å². The van der Waals surface area contributed by atoms with E-state index in [1.165, 1.54) is 31.5 Å². The van der Waals surface area contributed by atoms with Crippen molar-refractivity contribution >= 4 is 5.91 Å². The van der Waals surface area contributed by atoms with Gasteiger partial charge in [0, 0.05) is 12.6 Å². The highest BCUT2D eigenvalue weighted by Crippen LogP contribution is 2.27. The lowest BCUT2D eigenvalue weighted by molar-refractivity contribution is -0.124. The second-order valence-corrected chi connectivity index (χ2v) is 6.38. The molecule has 1 aromatic carbocycles. The van der Waals surface area contributed by atoms with Crippen molar-refractivity contribution in [2.75, 3.05) is 19.6 Å². The van der Waals surface area contributed by atoms with E-state index in [2.05, 4.69) is 22.3 Å². The number of fused-ring (bicyclic) bond motifs is 3. The summed E-state index contributed by atoms with van der Waals surface area (Å²) in [6.45, 7) is 3.38. The Morgan fingerprint density at radius 3 is 2.62 bits per heavy atom. The van der Waals surface area contributed by atoms with Crippen LogP contribution in [0.4, 0.5) is 0 Å². The van der Waals surface area contributed by atoms with Gasteiger partial charge in [0.15, 0.2) is 0 Å². The van der Waals surface area contributed by atoms with E-state index in [1.807, 2.05) is 18.2 Å². The Labute approximate surface area is 126 Å². The number of nitrogens with two attached hydrogens (primary N) is 1. The maximum absolute atomic E-state index is 12.3. The molecule has 4 nitrogen and oxygen atoms in total. The van der Waals surface area contributed by atoms with E-state index in [0.717, 1.165) is 13.0 Å². The molecule has 1 aromatic rings. The fraction of sp³-hybridized carbons (Fsp3) is 0.588. The second kappa shape index (κ2) is 6.58. The van der Waals surface area contributed by atoms with Gasteiger partial charge in [0.25, 0.3) is 0 Å². The van der Waals surface area contributed by atoms with Crippen molar-refractivity contribution in [3.63, 3.8) is 0 Å². The number of piperidine rings is 3. The molecule has 114 valence electrons. The summed E-state index contributed by atoms with van der Waals surface area (Å²) in [5, 5.41) is 3.18. The molecule has 4 heteroatoms. The van der Waals surface area contributed by atoms with Crippen LogP contribution in [0.5, 0.6) is 0 Å². The topological polar surface area (TPSA) is 58.4 Å². The molecular formula is C17H25N3O. The van der Waals surface area contributed by atoms with Crippen molar-refractivity contribution in [1.82, 2.24) is 10.2 Å². The quantitative estimate of drug-likeness (QED) is 0.854. The molecule has 4 rings (SSSR count). The van der Waals surface area contributed by atoms with E-state index in [4.69, 9.17) is 5.73 Å². The van der Waals surface area contributed by atoms with Crippen molar-refractivity contribution in [2.45, 2.75) is 37.8 Å². The highest BCUT2D eigenvalue weighted by Gasteiger charge is 2.35. The predicted octanol–water partition coefficient (Wildman–Crippen LogP) is 1.16. The molecule has 3 aliphatic heterocycles. The fourth-order valence-electron chi connectivity index (χ4n) is 3.52. The maximum atomic E-state index is 12.3. The first-order chi connectivity index (χ1) is 10.2. The number of amides is 1. The number of carbonyl (C=O) groups excluding carboxylic acids is 1. The van der Waals surface area contributed by atoms with E-state index in [-0.39, 0.29) is 5.91 Å². The molecule has 2 unspecified atom stereocenters. The number of carbonyl (C=O) groups is 1. The molecule has 2 bridgehead atoms. The summed E-state index contributed by atoms with van der Waals surface area (Å²) < 4.78 is 0. The first-order valence-electron chi connectivity index (χ1n) is 8.04. The Morgan fingerprint density at radius 2 is 2.00 bits per heavy atom. The summed E-state index contributed by atoms with van der Waals surface area (Å²) in [7, 11) is 0. The van der Waals surface area contributed by atoms with Crippen molar-refractivity contribution in [3.05, 3.63) is 35.9 Å². The van der Waals surface area contributed by atoms with Gasteiger partial charge in [-0.2, -0.15) is 0 Å². The molecule has 0 saturated carbocycles. The van der Waals surface area contributed by atoms with Gasteiger partial charge in [-0.25, -0.2) is 0 Å². The van der Waals surface area contributed by atoms with Gasteiger partial charge in [0.2, 0.25) is 5.91 Å².